The van der Waals surface area contributed by atoms with Gasteiger partial charge in [-0.2, -0.15) is 15.6 Å². The van der Waals surface area contributed by atoms with E-state index in [0.29, 0.717) is 36.7 Å². The molecular formula is C18H22N2O4S2. The maximum Gasteiger partial charge on any atom is 0.256 e. The first kappa shape index (κ1) is 18.9. The molecule has 1 aliphatic rings. The van der Waals surface area contributed by atoms with Gasteiger partial charge in [0.1, 0.15) is 5.75 Å². The first-order valence-electron chi connectivity index (χ1n) is 8.63. The van der Waals surface area contributed by atoms with E-state index in [0.717, 1.165) is 19.3 Å². The number of nitrogens with zero attached hydrogens (tertiary/aromatic N) is 1. The van der Waals surface area contributed by atoms with Crippen molar-refractivity contribution in [2.45, 2.75) is 31.1 Å². The van der Waals surface area contributed by atoms with Crippen LogP contribution in [-0.2, 0) is 10.0 Å². The number of benzene rings is 1. The van der Waals surface area contributed by atoms with Crippen molar-refractivity contribution in [3.8, 4) is 5.75 Å². The molecule has 0 aliphatic carbocycles. The smallest absolute Gasteiger partial charge is 0.256 e. The Kier molecular flexibility index (Phi) is 5.95. The van der Waals surface area contributed by atoms with Crippen LogP contribution in [0.15, 0.2) is 39.9 Å². The number of hydrogen-bond donors (Lipinski definition) is 1. The molecule has 0 spiro atoms. The molecule has 2 heterocycles. The number of thiophene rings is 1. The van der Waals surface area contributed by atoms with Crippen LogP contribution in [0.5, 0.6) is 5.75 Å². The molecule has 0 atom stereocenters. The molecule has 3 rings (SSSR count). The van der Waals surface area contributed by atoms with Crippen LogP contribution in [0.1, 0.15) is 36.5 Å². The van der Waals surface area contributed by atoms with Gasteiger partial charge in [-0.1, -0.05) is 6.42 Å². The summed E-state index contributed by atoms with van der Waals surface area (Å²) in [5.41, 5.74) is 0.892. The number of carbonyl (C=O) groups is 1. The minimum atomic E-state index is -3.58. The van der Waals surface area contributed by atoms with Crippen molar-refractivity contribution in [1.82, 2.24) is 4.31 Å². The van der Waals surface area contributed by atoms with Crippen LogP contribution in [0.25, 0.3) is 0 Å². The third kappa shape index (κ3) is 4.08. The lowest BCUT2D eigenvalue weighted by atomic mass is 10.2. The molecule has 0 bridgehead atoms. The van der Waals surface area contributed by atoms with Gasteiger partial charge in [-0.3, -0.25) is 4.79 Å². The van der Waals surface area contributed by atoms with Gasteiger partial charge in [0.15, 0.2) is 0 Å². The summed E-state index contributed by atoms with van der Waals surface area (Å²) >= 11 is 1.42. The molecule has 2 aromatic rings. The minimum absolute atomic E-state index is 0.170. The SMILES string of the molecule is CCOc1ccc(S(=O)(=O)N2CCCCC2)cc1NC(=O)c1ccsc1. The maximum atomic E-state index is 12.9. The van der Waals surface area contributed by atoms with Gasteiger partial charge in [-0.15, -0.1) is 0 Å². The molecule has 0 saturated carbocycles. The second-order valence-electron chi connectivity index (χ2n) is 6.02. The Morgan fingerprint density at radius 2 is 2.00 bits per heavy atom. The number of sulfonamides is 1. The van der Waals surface area contributed by atoms with Crippen LogP contribution in [0.2, 0.25) is 0 Å². The van der Waals surface area contributed by atoms with E-state index in [1.165, 1.54) is 27.8 Å². The third-order valence-corrected chi connectivity index (χ3v) is 6.81. The predicted octanol–water partition coefficient (Wildman–Crippen LogP) is 3.57. The van der Waals surface area contributed by atoms with Gasteiger partial charge in [0.2, 0.25) is 10.0 Å². The zero-order valence-electron chi connectivity index (χ0n) is 14.6. The lowest BCUT2D eigenvalue weighted by Gasteiger charge is -2.26. The lowest BCUT2D eigenvalue weighted by Crippen LogP contribution is -2.35. The number of piperidine rings is 1. The standard InChI is InChI=1S/C18H22N2O4S2/c1-2-24-17-7-6-15(26(22,23)20-9-4-3-5-10-20)12-16(17)19-18(21)14-8-11-25-13-14/h6-8,11-13H,2-5,9-10H2,1H3,(H,19,21). The normalized spacial score (nSPS) is 15.6. The van der Waals surface area contributed by atoms with Crippen molar-refractivity contribution in [1.29, 1.82) is 0 Å². The Morgan fingerprint density at radius 3 is 2.65 bits per heavy atom. The molecule has 1 aromatic heterocycles. The first-order valence-corrected chi connectivity index (χ1v) is 11.0. The Balaban J connectivity index is 1.91. The quantitative estimate of drug-likeness (QED) is 0.813. The second kappa shape index (κ2) is 8.20. The fourth-order valence-electron chi connectivity index (χ4n) is 2.89. The summed E-state index contributed by atoms with van der Waals surface area (Å²) in [5.74, 6) is 0.161. The number of nitrogens with one attached hydrogen (secondary N) is 1. The van der Waals surface area contributed by atoms with Gasteiger partial charge in [0.25, 0.3) is 5.91 Å². The van der Waals surface area contributed by atoms with Gasteiger partial charge >= 0.3 is 0 Å². The third-order valence-electron chi connectivity index (χ3n) is 4.24. The maximum absolute atomic E-state index is 12.9. The highest BCUT2D eigenvalue weighted by molar-refractivity contribution is 7.89. The van der Waals surface area contributed by atoms with Crippen molar-refractivity contribution < 1.29 is 17.9 Å². The Labute approximate surface area is 157 Å². The van der Waals surface area contributed by atoms with Crippen LogP contribution in [-0.4, -0.2) is 38.3 Å². The highest BCUT2D eigenvalue weighted by Crippen LogP contribution is 2.30. The van der Waals surface area contributed by atoms with Crippen LogP contribution < -0.4 is 10.1 Å². The number of rotatable bonds is 6. The molecule has 0 radical (unpaired) electrons. The number of anilines is 1. The van der Waals surface area contributed by atoms with Gasteiger partial charge in [0.05, 0.1) is 22.8 Å². The summed E-state index contributed by atoms with van der Waals surface area (Å²) in [7, 11) is -3.58. The monoisotopic (exact) mass is 394 g/mol. The summed E-state index contributed by atoms with van der Waals surface area (Å²) in [4.78, 5) is 12.5. The molecule has 6 nitrogen and oxygen atoms in total. The Bertz CT molecular complexity index is 857. The van der Waals surface area contributed by atoms with E-state index in [4.69, 9.17) is 4.74 Å². The summed E-state index contributed by atoms with van der Waals surface area (Å²) in [6, 6.07) is 6.34. The fraction of sp³-hybridized carbons (Fsp3) is 0.389. The number of ether oxygens (including phenoxy) is 1. The summed E-state index contributed by atoms with van der Waals surface area (Å²) in [6.07, 6.45) is 2.80. The molecule has 140 valence electrons. The van der Waals surface area contributed by atoms with Gasteiger partial charge in [0, 0.05) is 18.5 Å². The molecule has 0 unspecified atom stereocenters. The summed E-state index contributed by atoms with van der Waals surface area (Å²) in [6.45, 7) is 3.32. The average Bonchev–Trinajstić information content (AvgIpc) is 3.19. The van der Waals surface area contributed by atoms with E-state index in [1.807, 2.05) is 12.3 Å². The molecule has 1 amide bonds. The van der Waals surface area contributed by atoms with Crippen molar-refractivity contribution in [2.75, 3.05) is 25.0 Å². The van der Waals surface area contributed by atoms with Crippen molar-refractivity contribution in [3.63, 3.8) is 0 Å². The zero-order chi connectivity index (χ0) is 18.6. The molecule has 1 aromatic carbocycles. The molecule has 8 heteroatoms. The number of hydrogen-bond acceptors (Lipinski definition) is 5. The van der Waals surface area contributed by atoms with Crippen LogP contribution in [0.4, 0.5) is 5.69 Å². The van der Waals surface area contributed by atoms with Crippen LogP contribution in [0, 0.1) is 0 Å². The number of amides is 1. The topological polar surface area (TPSA) is 75.7 Å². The minimum Gasteiger partial charge on any atom is -0.492 e. The van der Waals surface area contributed by atoms with E-state index in [-0.39, 0.29) is 10.8 Å². The fourth-order valence-corrected chi connectivity index (χ4v) is 5.07. The Morgan fingerprint density at radius 1 is 1.23 bits per heavy atom. The average molecular weight is 395 g/mol. The van der Waals surface area contributed by atoms with Crippen molar-refractivity contribution in [2.24, 2.45) is 0 Å². The van der Waals surface area contributed by atoms with Crippen molar-refractivity contribution in [3.05, 3.63) is 40.6 Å². The van der Waals surface area contributed by atoms with Gasteiger partial charge in [-0.05, 0) is 49.4 Å². The highest BCUT2D eigenvalue weighted by Gasteiger charge is 2.27. The van der Waals surface area contributed by atoms with E-state index in [2.05, 4.69) is 5.32 Å². The van der Waals surface area contributed by atoms with E-state index in [1.54, 1.807) is 17.5 Å². The van der Waals surface area contributed by atoms with Gasteiger partial charge < -0.3 is 10.1 Å². The first-order chi connectivity index (χ1) is 12.5. The lowest BCUT2D eigenvalue weighted by molar-refractivity contribution is 0.102. The molecule has 26 heavy (non-hydrogen) atoms. The van der Waals surface area contributed by atoms with Gasteiger partial charge in [-0.25, -0.2) is 8.42 Å². The van der Waals surface area contributed by atoms with E-state index >= 15 is 0 Å². The Hall–Kier alpha value is -1.90. The zero-order valence-corrected chi connectivity index (χ0v) is 16.2. The molecular weight excluding hydrogens is 372 g/mol. The number of carbonyl (C=O) groups excluding carboxylic acids is 1. The molecule has 1 N–H and O–H groups in total. The largest absolute Gasteiger partial charge is 0.492 e. The summed E-state index contributed by atoms with van der Waals surface area (Å²) < 4.78 is 32.9. The second-order valence-corrected chi connectivity index (χ2v) is 8.74. The highest BCUT2D eigenvalue weighted by atomic mass is 32.2. The molecule has 1 fully saturated rings. The molecule has 1 aliphatic heterocycles. The van der Waals surface area contributed by atoms with E-state index < -0.39 is 10.0 Å². The van der Waals surface area contributed by atoms with Crippen LogP contribution >= 0.6 is 11.3 Å². The summed E-state index contributed by atoms with van der Waals surface area (Å²) in [5, 5.41) is 6.33. The van der Waals surface area contributed by atoms with Crippen molar-refractivity contribution >= 4 is 33.0 Å². The molecule has 1 saturated heterocycles. The predicted molar refractivity (Wildman–Crippen MR) is 102 cm³/mol. The van der Waals surface area contributed by atoms with E-state index in [9.17, 15) is 13.2 Å². The van der Waals surface area contributed by atoms with Crippen LogP contribution in [0.3, 0.4) is 0 Å².